The van der Waals surface area contributed by atoms with Crippen LogP contribution in [0.2, 0.25) is 0 Å². The molecule has 1 unspecified atom stereocenters. The molecule has 5 aromatic carbocycles. The summed E-state index contributed by atoms with van der Waals surface area (Å²) >= 11 is 0. The average Bonchev–Trinajstić information content (AvgIpc) is 3.44. The van der Waals surface area contributed by atoms with Gasteiger partial charge in [-0.05, 0) is 42.5 Å². The molecule has 8 nitrogen and oxygen atoms in total. The fourth-order valence-corrected chi connectivity index (χ4v) is 8.04. The van der Waals surface area contributed by atoms with Crippen LogP contribution < -0.4 is 25.1 Å². The molecule has 5 aromatic rings. The second kappa shape index (κ2) is 9.46. The van der Waals surface area contributed by atoms with Crippen molar-refractivity contribution in [3.8, 4) is 28.7 Å². The van der Waals surface area contributed by atoms with E-state index in [1.807, 2.05) is 13.0 Å². The van der Waals surface area contributed by atoms with Crippen LogP contribution in [0.3, 0.4) is 0 Å². The molecule has 0 bridgehead atoms. The van der Waals surface area contributed by atoms with E-state index in [0.29, 0.717) is 66.9 Å². The molecule has 1 atom stereocenters. The van der Waals surface area contributed by atoms with Crippen molar-refractivity contribution in [3.05, 3.63) is 54.8 Å². The predicted molar refractivity (Wildman–Crippen MR) is 167 cm³/mol. The summed E-state index contributed by atoms with van der Waals surface area (Å²) in [5, 5.41) is 26.7. The Morgan fingerprint density at radius 3 is 1.88 bits per heavy atom. The van der Waals surface area contributed by atoms with Gasteiger partial charge < -0.3 is 24.4 Å². The lowest BCUT2D eigenvalue weighted by molar-refractivity contribution is -0.117. The number of carbonyl (C=O) groups is 1. The third-order valence-electron chi connectivity index (χ3n) is 9.73. The van der Waals surface area contributed by atoms with Crippen LogP contribution in [-0.2, 0) is 11.2 Å². The number of phenols is 2. The Bertz CT molecular complexity index is 2170. The number of ketones is 1. The maximum atomic E-state index is 13.8. The molecule has 0 radical (unpaired) electrons. The lowest BCUT2D eigenvalue weighted by atomic mass is 9.80. The van der Waals surface area contributed by atoms with Gasteiger partial charge in [-0.1, -0.05) is 37.3 Å². The summed E-state index contributed by atoms with van der Waals surface area (Å²) in [6.45, 7) is 3.33. The Labute approximate surface area is 246 Å². The molecule has 0 aromatic heterocycles. The van der Waals surface area contributed by atoms with Gasteiger partial charge >= 0.3 is 0 Å². The van der Waals surface area contributed by atoms with E-state index in [1.54, 1.807) is 0 Å². The first-order valence-corrected chi connectivity index (χ1v) is 14.6. The largest absolute Gasteiger partial charge is 0.507 e. The van der Waals surface area contributed by atoms with Crippen LogP contribution in [0.15, 0.2) is 27.3 Å². The van der Waals surface area contributed by atoms with Gasteiger partial charge in [-0.15, -0.1) is 0 Å². The van der Waals surface area contributed by atoms with Crippen LogP contribution in [0.25, 0.3) is 49.2 Å². The second-order valence-corrected chi connectivity index (χ2v) is 12.0. The minimum absolute atomic E-state index is 0.0247. The van der Waals surface area contributed by atoms with Crippen molar-refractivity contribution in [2.45, 2.75) is 51.9 Å². The number of fused-ring (bicyclic) bond motifs is 1. The van der Waals surface area contributed by atoms with Crippen LogP contribution in [0.1, 0.15) is 62.1 Å². The molecule has 220 valence electrons. The molecule has 0 heterocycles. The highest BCUT2D eigenvalue weighted by molar-refractivity contribution is 6.39. The van der Waals surface area contributed by atoms with E-state index in [-0.39, 0.29) is 45.3 Å². The van der Waals surface area contributed by atoms with Crippen molar-refractivity contribution in [1.82, 2.24) is 0 Å². The molecule has 0 saturated heterocycles. The Morgan fingerprint density at radius 1 is 0.791 bits per heavy atom. The van der Waals surface area contributed by atoms with Crippen molar-refractivity contribution in [1.29, 1.82) is 0 Å². The highest BCUT2D eigenvalue weighted by Gasteiger charge is 2.37. The van der Waals surface area contributed by atoms with Crippen molar-refractivity contribution < 1.29 is 29.2 Å². The van der Waals surface area contributed by atoms with Crippen molar-refractivity contribution >= 4 is 54.9 Å². The third kappa shape index (κ3) is 3.46. The van der Waals surface area contributed by atoms with Gasteiger partial charge in [-0.3, -0.25) is 14.4 Å². The van der Waals surface area contributed by atoms with E-state index < -0.39 is 16.8 Å². The number of phenolic OH excluding ortho intramolecular Hbond substituents is 2. The topological polar surface area (TPSA) is 119 Å². The number of methoxy groups -OCH3 is 3. The van der Waals surface area contributed by atoms with E-state index >= 15 is 0 Å². The molecular formula is C35H32O8. The van der Waals surface area contributed by atoms with Crippen LogP contribution in [0.5, 0.6) is 28.7 Å². The molecule has 7 rings (SSSR count). The molecule has 1 saturated carbocycles. The molecule has 2 aliphatic rings. The minimum Gasteiger partial charge on any atom is -0.507 e. The summed E-state index contributed by atoms with van der Waals surface area (Å²) in [6.07, 6.45) is 6.73. The minimum atomic E-state index is -0.822. The SMILES string of the molecule is COc1c(O)c2c(=O)cc(OC)c3c4c(OC)cc(=O)c5c(O)c(CC6CCCC6)c6c(c(c1C(C(C)=O)C(C)=C6)c23)c54. The van der Waals surface area contributed by atoms with Gasteiger partial charge in [0.1, 0.15) is 23.0 Å². The van der Waals surface area contributed by atoms with Gasteiger partial charge in [0.25, 0.3) is 0 Å². The molecule has 1 fully saturated rings. The van der Waals surface area contributed by atoms with E-state index in [4.69, 9.17) is 14.2 Å². The zero-order valence-electron chi connectivity index (χ0n) is 24.8. The standard InChI is InChI=1S/C35H32O8/c1-14-10-17-18(11-16-8-6-7-9-16)33(39)25-19(37)12-21(41-3)27-28-22(42-4)13-20(38)26-31(28)30(24(17)29(25)27)32(23(14)15(2)36)35(43-5)34(26)40/h10,12-13,16,23,39-40H,6-9,11H2,1-5H3. The van der Waals surface area contributed by atoms with E-state index in [2.05, 4.69) is 0 Å². The lowest BCUT2D eigenvalue weighted by Gasteiger charge is -2.25. The number of Topliss-reactive ketones (excluding diaryl/α,β-unsaturated/α-hetero) is 1. The maximum absolute atomic E-state index is 13.8. The van der Waals surface area contributed by atoms with Gasteiger partial charge in [-0.25, -0.2) is 0 Å². The first-order chi connectivity index (χ1) is 20.6. The van der Waals surface area contributed by atoms with Crippen molar-refractivity contribution in [2.24, 2.45) is 5.92 Å². The summed E-state index contributed by atoms with van der Waals surface area (Å²) in [4.78, 5) is 41.0. The molecule has 0 spiro atoms. The zero-order chi connectivity index (χ0) is 30.5. The van der Waals surface area contributed by atoms with Crippen LogP contribution >= 0.6 is 0 Å². The maximum Gasteiger partial charge on any atom is 0.194 e. The summed E-state index contributed by atoms with van der Waals surface area (Å²) in [5.74, 6) is -0.614. The number of allylic oxidation sites excluding steroid dienone is 1. The van der Waals surface area contributed by atoms with Gasteiger partial charge in [0, 0.05) is 44.8 Å². The lowest BCUT2D eigenvalue weighted by Crippen LogP contribution is -2.14. The Hall–Kier alpha value is -4.59. The van der Waals surface area contributed by atoms with Gasteiger partial charge in [0.15, 0.2) is 22.4 Å². The average molecular weight is 581 g/mol. The second-order valence-electron chi connectivity index (χ2n) is 12.0. The van der Waals surface area contributed by atoms with Gasteiger partial charge in [0.05, 0.1) is 38.0 Å². The molecule has 2 N–H and O–H groups in total. The van der Waals surface area contributed by atoms with E-state index in [0.717, 1.165) is 25.7 Å². The number of aromatic hydroxyl groups is 2. The summed E-state index contributed by atoms with van der Waals surface area (Å²) in [6, 6.07) is 2.65. The Kier molecular flexibility index (Phi) is 6.00. The van der Waals surface area contributed by atoms with E-state index in [1.165, 1.54) is 40.4 Å². The highest BCUT2D eigenvalue weighted by Crippen LogP contribution is 2.57. The molecule has 43 heavy (non-hydrogen) atoms. The predicted octanol–water partition coefficient (Wildman–Crippen LogP) is 6.15. The van der Waals surface area contributed by atoms with Gasteiger partial charge in [0.2, 0.25) is 0 Å². The number of hydrogen-bond acceptors (Lipinski definition) is 8. The van der Waals surface area contributed by atoms with Crippen LogP contribution in [-0.4, -0.2) is 37.3 Å². The molecular weight excluding hydrogens is 548 g/mol. The number of carbonyl (C=O) groups excluding carboxylic acids is 1. The summed E-state index contributed by atoms with van der Waals surface area (Å²) in [5.41, 5.74) is 1.57. The number of benzene rings is 5. The number of rotatable bonds is 6. The monoisotopic (exact) mass is 580 g/mol. The number of hydrogen-bond donors (Lipinski definition) is 2. The Morgan fingerprint density at radius 2 is 1.35 bits per heavy atom. The zero-order valence-corrected chi connectivity index (χ0v) is 24.8. The normalized spacial score (nSPS) is 17.0. The molecule has 8 heteroatoms. The van der Waals surface area contributed by atoms with Gasteiger partial charge in [-0.2, -0.15) is 0 Å². The molecule has 2 aliphatic carbocycles. The quantitative estimate of drug-likeness (QED) is 0.181. The summed E-state index contributed by atoms with van der Waals surface area (Å²) < 4.78 is 17.3. The molecule has 0 amide bonds. The number of ether oxygens (including phenoxy) is 3. The Balaban J connectivity index is 1.92. The summed E-state index contributed by atoms with van der Waals surface area (Å²) in [7, 11) is 4.30. The van der Waals surface area contributed by atoms with Crippen LogP contribution in [0, 0.1) is 5.92 Å². The van der Waals surface area contributed by atoms with E-state index in [9.17, 15) is 24.6 Å². The fraction of sp³-hybridized carbons (Fsp3) is 0.343. The van der Waals surface area contributed by atoms with Crippen molar-refractivity contribution in [3.63, 3.8) is 0 Å². The van der Waals surface area contributed by atoms with Crippen molar-refractivity contribution in [2.75, 3.05) is 21.3 Å². The smallest absolute Gasteiger partial charge is 0.194 e. The van der Waals surface area contributed by atoms with Crippen LogP contribution in [0.4, 0.5) is 0 Å². The highest BCUT2D eigenvalue weighted by atomic mass is 16.5. The first kappa shape index (κ1) is 27.3. The fourth-order valence-electron chi connectivity index (χ4n) is 8.04. The first-order valence-electron chi connectivity index (χ1n) is 14.6. The molecule has 0 aliphatic heterocycles. The third-order valence-corrected chi connectivity index (χ3v) is 9.73.